The van der Waals surface area contributed by atoms with Gasteiger partial charge >= 0.3 is 5.97 Å². The average molecular weight is 364 g/mol. The van der Waals surface area contributed by atoms with Gasteiger partial charge in [0.1, 0.15) is 6.10 Å². The average Bonchev–Trinajstić information content (AvgIpc) is 3.36. The summed E-state index contributed by atoms with van der Waals surface area (Å²) in [5.74, 6) is 0.318. The van der Waals surface area contributed by atoms with Crippen molar-refractivity contribution in [1.29, 1.82) is 0 Å². The largest absolute Gasteiger partial charge is 0.460 e. The molecule has 1 heterocycles. The number of carbonyl (C=O) groups is 1. The van der Waals surface area contributed by atoms with Crippen molar-refractivity contribution in [2.45, 2.75) is 50.7 Å². The maximum atomic E-state index is 13.1. The van der Waals surface area contributed by atoms with Gasteiger partial charge in [-0.2, -0.15) is 0 Å². The molecule has 1 aliphatic carbocycles. The molecule has 3 heteroatoms. The van der Waals surface area contributed by atoms with Crippen molar-refractivity contribution in [2.75, 3.05) is 13.1 Å². The first-order valence-corrected chi connectivity index (χ1v) is 10.3. The molecule has 2 aliphatic rings. The van der Waals surface area contributed by atoms with Crippen LogP contribution in [-0.2, 0) is 16.1 Å². The van der Waals surface area contributed by atoms with E-state index in [0.29, 0.717) is 5.92 Å². The quantitative estimate of drug-likeness (QED) is 0.692. The van der Waals surface area contributed by atoms with Crippen LogP contribution in [0.1, 0.15) is 49.1 Å². The Balaban J connectivity index is 1.38. The molecule has 0 radical (unpaired) electrons. The van der Waals surface area contributed by atoms with Crippen LogP contribution < -0.4 is 0 Å². The number of esters is 1. The highest BCUT2D eigenvalue weighted by Gasteiger charge is 2.35. The van der Waals surface area contributed by atoms with Crippen molar-refractivity contribution in [1.82, 2.24) is 4.90 Å². The van der Waals surface area contributed by atoms with Gasteiger partial charge in [-0.25, -0.2) is 0 Å². The summed E-state index contributed by atoms with van der Waals surface area (Å²) in [6, 6.07) is 20.8. The van der Waals surface area contributed by atoms with E-state index in [9.17, 15) is 4.79 Å². The SMILES string of the molecule is O=C(O[C@H]1CCN(Cc2ccccc2)C1)[C@@H](c1ccccc1)C1CCCC1. The fraction of sp³-hybridized carbons (Fsp3) is 0.458. The van der Waals surface area contributed by atoms with Gasteiger partial charge in [0.15, 0.2) is 0 Å². The van der Waals surface area contributed by atoms with Crippen LogP contribution in [0.3, 0.4) is 0 Å². The highest BCUT2D eigenvalue weighted by atomic mass is 16.5. The van der Waals surface area contributed by atoms with Crippen LogP contribution in [0.15, 0.2) is 60.7 Å². The Kier molecular flexibility index (Phi) is 5.88. The first-order chi connectivity index (χ1) is 13.3. The Bertz CT molecular complexity index is 725. The van der Waals surface area contributed by atoms with Gasteiger partial charge in [-0.3, -0.25) is 9.69 Å². The number of ether oxygens (including phenoxy) is 1. The molecule has 3 nitrogen and oxygen atoms in total. The van der Waals surface area contributed by atoms with E-state index in [1.807, 2.05) is 24.3 Å². The third kappa shape index (κ3) is 4.59. The third-order valence-electron chi connectivity index (χ3n) is 6.04. The standard InChI is InChI=1S/C24H29NO2/c26-24(23(21-13-7-8-14-21)20-11-5-2-6-12-20)27-22-15-16-25(18-22)17-19-9-3-1-4-10-19/h1-6,9-12,21-23H,7-8,13-18H2/t22-,23-/m0/s1. The second-order valence-electron chi connectivity index (χ2n) is 8.00. The monoisotopic (exact) mass is 363 g/mol. The van der Waals surface area contributed by atoms with Crippen LogP contribution in [0.25, 0.3) is 0 Å². The Labute approximate surface area is 162 Å². The lowest BCUT2D eigenvalue weighted by molar-refractivity contribution is -0.151. The fourth-order valence-corrected chi connectivity index (χ4v) is 4.67. The van der Waals surface area contributed by atoms with Crippen molar-refractivity contribution in [3.8, 4) is 0 Å². The van der Waals surface area contributed by atoms with Crippen molar-refractivity contribution in [2.24, 2.45) is 5.92 Å². The lowest BCUT2D eigenvalue weighted by atomic mass is 9.85. The number of benzene rings is 2. The van der Waals surface area contributed by atoms with E-state index in [2.05, 4.69) is 41.3 Å². The van der Waals surface area contributed by atoms with Crippen molar-refractivity contribution < 1.29 is 9.53 Å². The molecule has 1 saturated carbocycles. The van der Waals surface area contributed by atoms with Crippen molar-refractivity contribution >= 4 is 5.97 Å². The van der Waals surface area contributed by atoms with E-state index in [1.165, 1.54) is 18.4 Å². The van der Waals surface area contributed by atoms with Gasteiger partial charge in [-0.1, -0.05) is 73.5 Å². The van der Waals surface area contributed by atoms with E-state index >= 15 is 0 Å². The lowest BCUT2D eigenvalue weighted by Crippen LogP contribution is -2.29. The molecule has 142 valence electrons. The van der Waals surface area contributed by atoms with E-state index in [0.717, 1.165) is 44.5 Å². The van der Waals surface area contributed by atoms with Gasteiger partial charge in [0.2, 0.25) is 0 Å². The minimum atomic E-state index is -0.100. The Morgan fingerprint density at radius 1 is 0.963 bits per heavy atom. The number of carbonyl (C=O) groups excluding carboxylic acids is 1. The smallest absolute Gasteiger partial charge is 0.314 e. The van der Waals surface area contributed by atoms with E-state index < -0.39 is 0 Å². The Hall–Kier alpha value is -2.13. The lowest BCUT2D eigenvalue weighted by Gasteiger charge is -2.24. The molecule has 0 spiro atoms. The normalized spacial score (nSPS) is 22.0. The highest BCUT2D eigenvalue weighted by molar-refractivity contribution is 5.78. The molecule has 2 aromatic carbocycles. The zero-order valence-electron chi connectivity index (χ0n) is 15.9. The molecular formula is C24H29NO2. The molecule has 4 rings (SSSR count). The summed E-state index contributed by atoms with van der Waals surface area (Å²) >= 11 is 0. The van der Waals surface area contributed by atoms with Gasteiger partial charge in [-0.05, 0) is 36.3 Å². The third-order valence-corrected chi connectivity index (χ3v) is 6.04. The van der Waals surface area contributed by atoms with Gasteiger partial charge in [-0.15, -0.1) is 0 Å². The maximum Gasteiger partial charge on any atom is 0.314 e. The van der Waals surface area contributed by atoms with Crippen LogP contribution >= 0.6 is 0 Å². The molecular weight excluding hydrogens is 334 g/mol. The van der Waals surface area contributed by atoms with Crippen molar-refractivity contribution in [3.05, 3.63) is 71.8 Å². The Morgan fingerprint density at radius 2 is 1.63 bits per heavy atom. The predicted octanol–water partition coefficient (Wildman–Crippen LogP) is 4.78. The zero-order chi connectivity index (χ0) is 18.5. The highest BCUT2D eigenvalue weighted by Crippen LogP contribution is 2.38. The predicted molar refractivity (Wildman–Crippen MR) is 107 cm³/mol. The topological polar surface area (TPSA) is 29.5 Å². The Morgan fingerprint density at radius 3 is 2.33 bits per heavy atom. The van der Waals surface area contributed by atoms with Gasteiger partial charge in [0.05, 0.1) is 5.92 Å². The second-order valence-corrected chi connectivity index (χ2v) is 8.00. The molecule has 2 fully saturated rings. The fourth-order valence-electron chi connectivity index (χ4n) is 4.67. The molecule has 0 unspecified atom stereocenters. The van der Waals surface area contributed by atoms with Crippen molar-refractivity contribution in [3.63, 3.8) is 0 Å². The van der Waals surface area contributed by atoms with Gasteiger partial charge in [0.25, 0.3) is 0 Å². The van der Waals surface area contributed by atoms with Crippen LogP contribution in [0, 0.1) is 5.92 Å². The summed E-state index contributed by atoms with van der Waals surface area (Å²) in [5, 5.41) is 0. The molecule has 0 bridgehead atoms. The number of hydrogen-bond acceptors (Lipinski definition) is 3. The van der Waals surface area contributed by atoms with Gasteiger partial charge in [0, 0.05) is 19.6 Å². The number of likely N-dealkylation sites (tertiary alicyclic amines) is 1. The van der Waals surface area contributed by atoms with Crippen LogP contribution in [0.4, 0.5) is 0 Å². The summed E-state index contributed by atoms with van der Waals surface area (Å²) in [5.41, 5.74) is 2.44. The van der Waals surface area contributed by atoms with Crippen LogP contribution in [0.5, 0.6) is 0 Å². The first kappa shape index (κ1) is 18.2. The summed E-state index contributed by atoms with van der Waals surface area (Å²) in [7, 11) is 0. The van der Waals surface area contributed by atoms with Gasteiger partial charge < -0.3 is 4.74 Å². The summed E-state index contributed by atoms with van der Waals surface area (Å²) in [6.07, 6.45) is 5.70. The first-order valence-electron chi connectivity index (χ1n) is 10.3. The minimum Gasteiger partial charge on any atom is -0.460 e. The summed E-state index contributed by atoms with van der Waals surface area (Å²) < 4.78 is 6.03. The van der Waals surface area contributed by atoms with E-state index in [-0.39, 0.29) is 18.0 Å². The molecule has 0 aromatic heterocycles. The molecule has 2 aromatic rings. The molecule has 0 amide bonds. The van der Waals surface area contributed by atoms with Crippen LogP contribution in [-0.4, -0.2) is 30.1 Å². The maximum absolute atomic E-state index is 13.1. The molecule has 1 aliphatic heterocycles. The molecule has 0 N–H and O–H groups in total. The number of rotatable bonds is 6. The molecule has 1 saturated heterocycles. The second kappa shape index (κ2) is 8.71. The molecule has 2 atom stereocenters. The summed E-state index contributed by atoms with van der Waals surface area (Å²) in [4.78, 5) is 15.5. The van der Waals surface area contributed by atoms with E-state index in [4.69, 9.17) is 4.74 Å². The van der Waals surface area contributed by atoms with Crippen LogP contribution in [0.2, 0.25) is 0 Å². The summed E-state index contributed by atoms with van der Waals surface area (Å²) in [6.45, 7) is 2.76. The zero-order valence-corrected chi connectivity index (χ0v) is 15.9. The number of nitrogens with zero attached hydrogens (tertiary/aromatic N) is 1. The number of hydrogen-bond donors (Lipinski definition) is 0. The minimum absolute atomic E-state index is 0.0142. The van der Waals surface area contributed by atoms with E-state index in [1.54, 1.807) is 0 Å². The molecule has 27 heavy (non-hydrogen) atoms.